The lowest BCUT2D eigenvalue weighted by Crippen LogP contribution is -2.15. The average Bonchev–Trinajstić information content (AvgIpc) is 3.17. The van der Waals surface area contributed by atoms with Crippen molar-refractivity contribution in [2.45, 2.75) is 40.0 Å². The zero-order valence-electron chi connectivity index (χ0n) is 20.4. The van der Waals surface area contributed by atoms with Crippen LogP contribution in [0.25, 0.3) is 11.1 Å². The van der Waals surface area contributed by atoms with Gasteiger partial charge in [0.15, 0.2) is 0 Å². The Morgan fingerprint density at radius 3 is 2.43 bits per heavy atom. The van der Waals surface area contributed by atoms with Crippen LogP contribution in [0.4, 0.5) is 5.00 Å². The van der Waals surface area contributed by atoms with Crippen molar-refractivity contribution in [1.82, 2.24) is 0 Å². The maximum atomic E-state index is 12.7. The molecule has 1 amide bonds. The number of carbonyl (C=O) groups is 2. The topological polar surface area (TPSA) is 73.9 Å². The van der Waals surface area contributed by atoms with Gasteiger partial charge in [-0.2, -0.15) is 0 Å². The molecule has 0 aliphatic rings. The van der Waals surface area contributed by atoms with Gasteiger partial charge in [-0.15, -0.1) is 11.3 Å². The van der Waals surface area contributed by atoms with Crippen LogP contribution in [0.3, 0.4) is 0 Å². The fourth-order valence-electron chi connectivity index (χ4n) is 3.65. The van der Waals surface area contributed by atoms with Crippen LogP contribution in [0.1, 0.15) is 47.5 Å². The third kappa shape index (κ3) is 6.86. The summed E-state index contributed by atoms with van der Waals surface area (Å²) in [7, 11) is 1.34. The van der Waals surface area contributed by atoms with Gasteiger partial charge in [-0.25, -0.2) is 4.79 Å². The summed E-state index contributed by atoms with van der Waals surface area (Å²) in [6.45, 7) is 6.93. The van der Waals surface area contributed by atoms with E-state index in [-0.39, 0.29) is 12.3 Å². The molecular weight excluding hydrogens is 530 g/mol. The van der Waals surface area contributed by atoms with Gasteiger partial charge in [0, 0.05) is 16.9 Å². The van der Waals surface area contributed by atoms with Crippen LogP contribution in [0.15, 0.2) is 46.9 Å². The number of amides is 1. The monoisotopic (exact) mass is 559 g/mol. The van der Waals surface area contributed by atoms with E-state index >= 15 is 0 Å². The minimum atomic E-state index is -0.489. The normalized spacial score (nSPS) is 10.7. The number of aryl methyl sites for hydroxylation is 2. The van der Waals surface area contributed by atoms with E-state index in [0.717, 1.165) is 38.4 Å². The summed E-state index contributed by atoms with van der Waals surface area (Å²) >= 11 is 4.89. The molecule has 0 saturated carbocycles. The van der Waals surface area contributed by atoms with Crippen LogP contribution >= 0.6 is 27.3 Å². The first kappa shape index (κ1) is 26.8. The van der Waals surface area contributed by atoms with Crippen LogP contribution < -0.4 is 14.8 Å². The van der Waals surface area contributed by atoms with Crippen molar-refractivity contribution in [3.8, 4) is 22.6 Å². The largest absolute Gasteiger partial charge is 0.494 e. The van der Waals surface area contributed by atoms with Crippen LogP contribution in [0.2, 0.25) is 0 Å². The first-order chi connectivity index (χ1) is 16.9. The first-order valence-electron chi connectivity index (χ1n) is 11.5. The average molecular weight is 561 g/mol. The highest BCUT2D eigenvalue weighted by atomic mass is 79.9. The third-order valence-electron chi connectivity index (χ3n) is 5.39. The number of carbonyl (C=O) groups excluding carboxylic acids is 2. The molecule has 0 aliphatic carbocycles. The molecule has 35 heavy (non-hydrogen) atoms. The minimum absolute atomic E-state index is 0.182. The predicted molar refractivity (Wildman–Crippen MR) is 144 cm³/mol. The van der Waals surface area contributed by atoms with Gasteiger partial charge in [0.05, 0.1) is 24.8 Å². The van der Waals surface area contributed by atoms with Gasteiger partial charge in [-0.3, -0.25) is 4.79 Å². The molecule has 2 aromatic carbocycles. The van der Waals surface area contributed by atoms with Crippen molar-refractivity contribution in [1.29, 1.82) is 0 Å². The van der Waals surface area contributed by atoms with Gasteiger partial charge >= 0.3 is 5.97 Å². The number of halogens is 1. The second-order valence-electron chi connectivity index (χ2n) is 7.80. The fraction of sp³-hybridized carbons (Fsp3) is 0.333. The Hall–Kier alpha value is -2.84. The van der Waals surface area contributed by atoms with E-state index in [2.05, 4.69) is 28.2 Å². The Morgan fingerprint density at radius 1 is 1.06 bits per heavy atom. The molecule has 0 radical (unpaired) electrons. The summed E-state index contributed by atoms with van der Waals surface area (Å²) in [6.07, 6.45) is 1.76. The van der Waals surface area contributed by atoms with Crippen LogP contribution in [0, 0.1) is 6.92 Å². The number of hydrogen-bond donors (Lipinski definition) is 1. The molecule has 6 nitrogen and oxygen atoms in total. The molecule has 0 saturated heterocycles. The molecule has 8 heteroatoms. The maximum Gasteiger partial charge on any atom is 0.341 e. The highest BCUT2D eigenvalue weighted by Gasteiger charge is 2.25. The summed E-state index contributed by atoms with van der Waals surface area (Å²) in [6, 6.07) is 13.5. The third-order valence-corrected chi connectivity index (χ3v) is 7.03. The van der Waals surface area contributed by atoms with Crippen LogP contribution in [-0.2, 0) is 16.0 Å². The van der Waals surface area contributed by atoms with Gasteiger partial charge in [-0.05, 0) is 78.0 Å². The SMILES string of the molecule is CCOc1ccc(-c2c(C)sc(NC(=O)CCCOc3ccc(CC)cc3Br)c2C(=O)OC)cc1. The number of methoxy groups -OCH3 is 1. The van der Waals surface area contributed by atoms with Gasteiger partial charge in [0.1, 0.15) is 22.1 Å². The van der Waals surface area contributed by atoms with Crippen LogP contribution in [0.5, 0.6) is 11.5 Å². The quantitative estimate of drug-likeness (QED) is 0.201. The van der Waals surface area contributed by atoms with Gasteiger partial charge in [-0.1, -0.05) is 25.1 Å². The lowest BCUT2D eigenvalue weighted by Gasteiger charge is -2.10. The van der Waals surface area contributed by atoms with E-state index in [1.54, 1.807) is 0 Å². The maximum absolute atomic E-state index is 12.7. The van der Waals surface area contributed by atoms with E-state index in [9.17, 15) is 9.59 Å². The van der Waals surface area contributed by atoms with E-state index in [1.165, 1.54) is 24.0 Å². The molecule has 0 unspecified atom stereocenters. The number of hydrogen-bond acceptors (Lipinski definition) is 6. The number of esters is 1. The molecule has 1 aromatic heterocycles. The molecule has 1 heterocycles. The predicted octanol–water partition coefficient (Wildman–Crippen LogP) is 7.03. The highest BCUT2D eigenvalue weighted by molar-refractivity contribution is 9.10. The Balaban J connectivity index is 1.67. The van der Waals surface area contributed by atoms with E-state index < -0.39 is 5.97 Å². The minimum Gasteiger partial charge on any atom is -0.494 e. The standard InChI is InChI=1S/C27H30BrNO5S/c1-5-18-9-14-22(21(28)16-18)34-15-7-8-23(30)29-26-25(27(31)32-4)24(17(3)35-26)19-10-12-20(13-11-19)33-6-2/h9-14,16H,5-8,15H2,1-4H3,(H,29,30). The number of ether oxygens (including phenoxy) is 3. The van der Waals surface area contributed by atoms with Gasteiger partial charge < -0.3 is 19.5 Å². The van der Waals surface area contributed by atoms with Crippen molar-refractivity contribution in [2.24, 2.45) is 0 Å². The van der Waals surface area contributed by atoms with E-state index in [1.807, 2.05) is 56.3 Å². The molecule has 3 rings (SSSR count). The van der Waals surface area contributed by atoms with Crippen LogP contribution in [-0.4, -0.2) is 32.2 Å². The molecule has 186 valence electrons. The number of thiophene rings is 1. The fourth-order valence-corrected chi connectivity index (χ4v) is 5.27. The molecule has 3 aromatic rings. The zero-order chi connectivity index (χ0) is 25.4. The Labute approximate surface area is 218 Å². The molecule has 1 N–H and O–H groups in total. The Morgan fingerprint density at radius 2 is 1.80 bits per heavy atom. The molecule has 0 bridgehead atoms. The van der Waals surface area contributed by atoms with Crippen molar-refractivity contribution in [3.05, 3.63) is 62.9 Å². The lowest BCUT2D eigenvalue weighted by molar-refractivity contribution is -0.116. The lowest BCUT2D eigenvalue weighted by atomic mass is 10.0. The van der Waals surface area contributed by atoms with E-state index in [0.29, 0.717) is 30.2 Å². The number of benzene rings is 2. The van der Waals surface area contributed by atoms with Crippen molar-refractivity contribution in [2.75, 3.05) is 25.6 Å². The van der Waals surface area contributed by atoms with Crippen molar-refractivity contribution < 1.29 is 23.8 Å². The molecule has 0 aliphatic heterocycles. The number of nitrogens with one attached hydrogen (secondary N) is 1. The molecule has 0 spiro atoms. The second kappa shape index (κ2) is 12.7. The molecule has 0 atom stereocenters. The smallest absolute Gasteiger partial charge is 0.341 e. The summed E-state index contributed by atoms with van der Waals surface area (Å²) in [4.78, 5) is 26.3. The summed E-state index contributed by atoms with van der Waals surface area (Å²) in [5, 5.41) is 3.39. The second-order valence-corrected chi connectivity index (χ2v) is 9.88. The number of anilines is 1. The Kier molecular flexibility index (Phi) is 9.74. The van der Waals surface area contributed by atoms with Crippen molar-refractivity contribution >= 4 is 44.1 Å². The van der Waals surface area contributed by atoms with E-state index in [4.69, 9.17) is 14.2 Å². The highest BCUT2D eigenvalue weighted by Crippen LogP contribution is 2.41. The Bertz CT molecular complexity index is 1170. The zero-order valence-corrected chi connectivity index (χ0v) is 22.8. The summed E-state index contributed by atoms with van der Waals surface area (Å²) in [5.74, 6) is 0.841. The van der Waals surface area contributed by atoms with Gasteiger partial charge in [0.2, 0.25) is 5.91 Å². The molecular formula is C27H30BrNO5S. The summed E-state index contributed by atoms with van der Waals surface area (Å²) < 4.78 is 17.3. The summed E-state index contributed by atoms with van der Waals surface area (Å²) in [5.41, 5.74) is 3.20. The molecule has 0 fully saturated rings. The number of rotatable bonds is 11. The van der Waals surface area contributed by atoms with Gasteiger partial charge in [0.25, 0.3) is 0 Å². The van der Waals surface area contributed by atoms with Crippen molar-refractivity contribution in [3.63, 3.8) is 0 Å². The first-order valence-corrected chi connectivity index (χ1v) is 13.1.